The lowest BCUT2D eigenvalue weighted by molar-refractivity contribution is -0.138. The van der Waals surface area contributed by atoms with Crippen molar-refractivity contribution in [3.05, 3.63) is 47.5 Å². The van der Waals surface area contributed by atoms with Gasteiger partial charge in [-0.15, -0.1) is 0 Å². The number of rotatable bonds is 3. The molecule has 0 aliphatic carbocycles. The van der Waals surface area contributed by atoms with E-state index in [-0.39, 0.29) is 6.54 Å². The zero-order valence-corrected chi connectivity index (χ0v) is 10.5. The third-order valence-corrected chi connectivity index (χ3v) is 2.66. The number of carbonyl (C=O) groups excluding carboxylic acids is 1. The van der Waals surface area contributed by atoms with Crippen molar-refractivity contribution in [2.24, 2.45) is 7.05 Å². The molecule has 2 aromatic rings. The molecule has 5 nitrogen and oxygen atoms in total. The van der Waals surface area contributed by atoms with Crippen LogP contribution in [0.3, 0.4) is 0 Å². The first-order valence-corrected chi connectivity index (χ1v) is 5.66. The van der Waals surface area contributed by atoms with Gasteiger partial charge in [0.1, 0.15) is 11.3 Å². The van der Waals surface area contributed by atoms with Crippen LogP contribution in [0.25, 0.3) is 0 Å². The van der Waals surface area contributed by atoms with Crippen LogP contribution < -0.4 is 5.32 Å². The maximum Gasteiger partial charge on any atom is 0.420 e. The number of hydrogen-bond acceptors (Lipinski definition) is 3. The number of halogens is 3. The number of nitrogens with one attached hydrogen (secondary N) is 1. The van der Waals surface area contributed by atoms with Gasteiger partial charge < -0.3 is 5.32 Å². The SMILES string of the molecule is Cn1ncc(C(F)(F)F)c1C(=O)NCc1ccncc1. The highest BCUT2D eigenvalue weighted by Gasteiger charge is 2.38. The molecule has 2 heterocycles. The topological polar surface area (TPSA) is 59.8 Å². The molecule has 0 unspecified atom stereocenters. The van der Waals surface area contributed by atoms with E-state index in [9.17, 15) is 18.0 Å². The number of carbonyl (C=O) groups is 1. The van der Waals surface area contributed by atoms with Crippen LogP contribution in [0.4, 0.5) is 13.2 Å². The average Bonchev–Trinajstić information content (AvgIpc) is 2.79. The number of aryl methyl sites for hydroxylation is 1. The first kappa shape index (κ1) is 14.0. The van der Waals surface area contributed by atoms with Gasteiger partial charge in [-0.2, -0.15) is 18.3 Å². The molecule has 0 spiro atoms. The van der Waals surface area contributed by atoms with Gasteiger partial charge in [0, 0.05) is 26.0 Å². The van der Waals surface area contributed by atoms with Crippen molar-refractivity contribution < 1.29 is 18.0 Å². The van der Waals surface area contributed by atoms with Crippen molar-refractivity contribution in [3.8, 4) is 0 Å². The van der Waals surface area contributed by atoms with Crippen molar-refractivity contribution in [2.75, 3.05) is 0 Å². The molecular weight excluding hydrogens is 273 g/mol. The molecule has 106 valence electrons. The Kier molecular flexibility index (Phi) is 3.73. The molecule has 0 saturated carbocycles. The third kappa shape index (κ3) is 2.95. The normalized spacial score (nSPS) is 11.4. The Bertz CT molecular complexity index is 607. The highest BCUT2D eigenvalue weighted by molar-refractivity contribution is 5.94. The van der Waals surface area contributed by atoms with Crippen molar-refractivity contribution >= 4 is 5.91 Å². The molecule has 1 amide bonds. The molecule has 0 atom stereocenters. The second-order valence-electron chi connectivity index (χ2n) is 4.07. The number of pyridine rings is 1. The average molecular weight is 284 g/mol. The summed E-state index contributed by atoms with van der Waals surface area (Å²) in [6.07, 6.45) is -0.904. The maximum absolute atomic E-state index is 12.7. The summed E-state index contributed by atoms with van der Waals surface area (Å²) < 4.78 is 39.1. The highest BCUT2D eigenvalue weighted by Crippen LogP contribution is 2.31. The summed E-state index contributed by atoms with van der Waals surface area (Å²) in [6.45, 7) is 0.115. The lowest BCUT2D eigenvalue weighted by atomic mass is 10.2. The molecule has 0 fully saturated rings. The Hall–Kier alpha value is -2.38. The van der Waals surface area contributed by atoms with E-state index in [2.05, 4.69) is 15.4 Å². The molecule has 1 N–H and O–H groups in total. The van der Waals surface area contributed by atoms with Crippen LogP contribution in [0.1, 0.15) is 21.6 Å². The quantitative estimate of drug-likeness (QED) is 0.934. The zero-order chi connectivity index (χ0) is 14.8. The van der Waals surface area contributed by atoms with E-state index in [1.54, 1.807) is 12.1 Å². The van der Waals surface area contributed by atoms with Crippen LogP contribution in [-0.4, -0.2) is 20.7 Å². The molecule has 2 rings (SSSR count). The van der Waals surface area contributed by atoms with Gasteiger partial charge in [0.2, 0.25) is 0 Å². The van der Waals surface area contributed by atoms with E-state index in [0.29, 0.717) is 6.20 Å². The number of amides is 1. The van der Waals surface area contributed by atoms with Gasteiger partial charge in [-0.3, -0.25) is 14.5 Å². The first-order chi connectivity index (χ1) is 9.39. The van der Waals surface area contributed by atoms with E-state index < -0.39 is 23.3 Å². The van der Waals surface area contributed by atoms with Crippen LogP contribution in [0.15, 0.2) is 30.7 Å². The molecule has 0 aliphatic rings. The lowest BCUT2D eigenvalue weighted by Gasteiger charge is -2.09. The fourth-order valence-electron chi connectivity index (χ4n) is 1.68. The molecular formula is C12H11F3N4O. The van der Waals surface area contributed by atoms with Crippen LogP contribution in [0, 0.1) is 0 Å². The largest absolute Gasteiger partial charge is 0.420 e. The van der Waals surface area contributed by atoms with Gasteiger partial charge in [0.05, 0.1) is 6.20 Å². The summed E-state index contributed by atoms with van der Waals surface area (Å²) >= 11 is 0. The summed E-state index contributed by atoms with van der Waals surface area (Å²) in [6, 6.07) is 3.32. The van der Waals surface area contributed by atoms with Gasteiger partial charge >= 0.3 is 6.18 Å². The molecule has 0 radical (unpaired) electrons. The molecule has 0 saturated heterocycles. The minimum atomic E-state index is -4.61. The molecule has 20 heavy (non-hydrogen) atoms. The predicted molar refractivity (Wildman–Crippen MR) is 63.6 cm³/mol. The van der Waals surface area contributed by atoms with Crippen LogP contribution in [0.2, 0.25) is 0 Å². The molecule has 0 aromatic carbocycles. The van der Waals surface area contributed by atoms with Gasteiger partial charge in [-0.05, 0) is 17.7 Å². The number of nitrogens with zero attached hydrogens (tertiary/aromatic N) is 3. The minimum absolute atomic E-state index is 0.115. The molecule has 0 bridgehead atoms. The number of alkyl halides is 3. The summed E-state index contributed by atoms with van der Waals surface area (Å²) in [5, 5.41) is 5.91. The predicted octanol–water partition coefficient (Wildman–Crippen LogP) is 1.76. The van der Waals surface area contributed by atoms with Gasteiger partial charge in [-0.25, -0.2) is 0 Å². The Labute approximate surface area is 112 Å². The van der Waals surface area contributed by atoms with Gasteiger partial charge in [0.15, 0.2) is 0 Å². The Morgan fingerprint density at radius 3 is 2.60 bits per heavy atom. The standard InChI is InChI=1S/C12H11F3N4O/c1-19-10(9(7-18-19)12(13,14)15)11(20)17-6-8-2-4-16-5-3-8/h2-5,7H,6H2,1H3,(H,17,20). The van der Waals surface area contributed by atoms with Crippen molar-refractivity contribution in [1.82, 2.24) is 20.1 Å². The number of hydrogen-bond donors (Lipinski definition) is 1. The highest BCUT2D eigenvalue weighted by atomic mass is 19.4. The minimum Gasteiger partial charge on any atom is -0.347 e. The van der Waals surface area contributed by atoms with Gasteiger partial charge in [0.25, 0.3) is 5.91 Å². The summed E-state index contributed by atoms with van der Waals surface area (Å²) in [5.41, 5.74) is -0.817. The molecule has 0 aliphatic heterocycles. The van der Waals surface area contributed by atoms with Crippen LogP contribution >= 0.6 is 0 Å². The van der Waals surface area contributed by atoms with Crippen LogP contribution in [-0.2, 0) is 19.8 Å². The first-order valence-electron chi connectivity index (χ1n) is 5.66. The summed E-state index contributed by atoms with van der Waals surface area (Å²) in [7, 11) is 1.29. The van der Waals surface area contributed by atoms with E-state index in [0.717, 1.165) is 10.2 Å². The van der Waals surface area contributed by atoms with Crippen molar-refractivity contribution in [1.29, 1.82) is 0 Å². The van der Waals surface area contributed by atoms with E-state index in [1.165, 1.54) is 19.4 Å². The van der Waals surface area contributed by atoms with E-state index >= 15 is 0 Å². The second-order valence-corrected chi connectivity index (χ2v) is 4.07. The fourth-order valence-corrected chi connectivity index (χ4v) is 1.68. The number of aromatic nitrogens is 3. The monoisotopic (exact) mass is 284 g/mol. The Balaban J connectivity index is 2.16. The van der Waals surface area contributed by atoms with Crippen LogP contribution in [0.5, 0.6) is 0 Å². The van der Waals surface area contributed by atoms with Crippen molar-refractivity contribution in [3.63, 3.8) is 0 Å². The van der Waals surface area contributed by atoms with Gasteiger partial charge in [-0.1, -0.05) is 0 Å². The van der Waals surface area contributed by atoms with E-state index in [4.69, 9.17) is 0 Å². The Morgan fingerprint density at radius 1 is 1.35 bits per heavy atom. The molecule has 8 heteroatoms. The lowest BCUT2D eigenvalue weighted by Crippen LogP contribution is -2.27. The van der Waals surface area contributed by atoms with E-state index in [1.807, 2.05) is 0 Å². The second kappa shape index (κ2) is 5.32. The zero-order valence-electron chi connectivity index (χ0n) is 10.5. The molecule has 2 aromatic heterocycles. The summed E-state index contributed by atoms with van der Waals surface area (Å²) in [4.78, 5) is 15.7. The Morgan fingerprint density at radius 2 is 2.00 bits per heavy atom. The maximum atomic E-state index is 12.7. The smallest absolute Gasteiger partial charge is 0.347 e. The third-order valence-electron chi connectivity index (χ3n) is 2.66. The summed E-state index contributed by atoms with van der Waals surface area (Å²) in [5.74, 6) is -0.825. The van der Waals surface area contributed by atoms with Crippen molar-refractivity contribution in [2.45, 2.75) is 12.7 Å². The fraction of sp³-hybridized carbons (Fsp3) is 0.250.